The summed E-state index contributed by atoms with van der Waals surface area (Å²) in [6, 6.07) is 24.0. The molecule has 2 heterocycles. The minimum Gasteiger partial charge on any atom is -0.457 e. The predicted molar refractivity (Wildman–Crippen MR) is 137 cm³/mol. The van der Waals surface area contributed by atoms with E-state index in [1.807, 2.05) is 61.5 Å². The number of benzene rings is 3. The molecule has 3 aromatic carbocycles. The van der Waals surface area contributed by atoms with Gasteiger partial charge in [-0.15, -0.1) is 0 Å². The van der Waals surface area contributed by atoms with Gasteiger partial charge < -0.3 is 10.1 Å². The standard InChI is InChI=1S/C28H22N4O3/c1-3-27(33)30-20-5-4-6-22(17-20)32-25-15-16-29-18-26(25)31(28(32)34)21-9-13-24(14-10-21)35-23-11-7-19(2)8-12-23/h3-18H,1H2,2H3,(H,30,33). The Morgan fingerprint density at radius 2 is 1.60 bits per heavy atom. The number of hydrogen-bond donors (Lipinski definition) is 1. The molecule has 1 amide bonds. The maximum Gasteiger partial charge on any atom is 0.338 e. The second-order valence-corrected chi connectivity index (χ2v) is 7.97. The number of pyridine rings is 1. The number of nitrogens with one attached hydrogen (secondary N) is 1. The van der Waals surface area contributed by atoms with Crippen molar-refractivity contribution in [2.24, 2.45) is 0 Å². The number of nitrogens with zero attached hydrogens (tertiary/aromatic N) is 3. The largest absolute Gasteiger partial charge is 0.457 e. The van der Waals surface area contributed by atoms with E-state index in [4.69, 9.17) is 4.74 Å². The van der Waals surface area contributed by atoms with E-state index < -0.39 is 0 Å². The molecule has 1 N–H and O–H groups in total. The third kappa shape index (κ3) is 4.35. The summed E-state index contributed by atoms with van der Waals surface area (Å²) in [4.78, 5) is 29.6. The summed E-state index contributed by atoms with van der Waals surface area (Å²) in [5.41, 5.74) is 4.11. The van der Waals surface area contributed by atoms with Crippen LogP contribution in [0.2, 0.25) is 0 Å². The minimum absolute atomic E-state index is 0.257. The van der Waals surface area contributed by atoms with Crippen molar-refractivity contribution in [1.29, 1.82) is 0 Å². The van der Waals surface area contributed by atoms with Crippen molar-refractivity contribution in [3.8, 4) is 22.9 Å². The highest BCUT2D eigenvalue weighted by Gasteiger charge is 2.16. The second kappa shape index (κ2) is 9.15. The van der Waals surface area contributed by atoms with Crippen LogP contribution in [0, 0.1) is 6.92 Å². The van der Waals surface area contributed by atoms with E-state index in [1.165, 1.54) is 6.08 Å². The van der Waals surface area contributed by atoms with Crippen molar-refractivity contribution in [2.45, 2.75) is 6.92 Å². The molecule has 5 aromatic rings. The van der Waals surface area contributed by atoms with Crippen LogP contribution >= 0.6 is 0 Å². The highest BCUT2D eigenvalue weighted by molar-refractivity contribution is 5.99. The maximum atomic E-state index is 13.7. The molecule has 0 aliphatic rings. The first-order valence-corrected chi connectivity index (χ1v) is 11.0. The number of carbonyl (C=O) groups excluding carboxylic acids is 1. The van der Waals surface area contributed by atoms with Crippen LogP contribution in [0.3, 0.4) is 0 Å². The average molecular weight is 463 g/mol. The molecule has 0 bridgehead atoms. The Balaban J connectivity index is 1.55. The maximum absolute atomic E-state index is 13.7. The van der Waals surface area contributed by atoms with E-state index in [9.17, 15) is 9.59 Å². The first-order chi connectivity index (χ1) is 17.0. The molecule has 172 valence electrons. The molecule has 0 aliphatic carbocycles. The Kier molecular flexibility index (Phi) is 5.73. The first-order valence-electron chi connectivity index (χ1n) is 11.0. The quantitative estimate of drug-likeness (QED) is 0.343. The zero-order chi connectivity index (χ0) is 24.4. The van der Waals surface area contributed by atoms with Crippen LogP contribution in [-0.2, 0) is 4.79 Å². The fourth-order valence-corrected chi connectivity index (χ4v) is 3.87. The molecule has 0 aliphatic heterocycles. The number of fused-ring (bicyclic) bond motifs is 1. The molecule has 0 atom stereocenters. The number of carbonyl (C=O) groups is 1. The van der Waals surface area contributed by atoms with Gasteiger partial charge in [0.25, 0.3) is 0 Å². The Hall–Kier alpha value is -4.91. The summed E-state index contributed by atoms with van der Waals surface area (Å²) in [5, 5.41) is 2.73. The molecule has 5 rings (SSSR count). The highest BCUT2D eigenvalue weighted by Crippen LogP contribution is 2.25. The van der Waals surface area contributed by atoms with E-state index in [1.54, 1.807) is 45.8 Å². The Morgan fingerprint density at radius 3 is 2.31 bits per heavy atom. The lowest BCUT2D eigenvalue weighted by atomic mass is 10.2. The average Bonchev–Trinajstić information content (AvgIpc) is 3.17. The van der Waals surface area contributed by atoms with Gasteiger partial charge in [0.05, 0.1) is 28.6 Å². The van der Waals surface area contributed by atoms with Crippen LogP contribution in [0.1, 0.15) is 5.56 Å². The number of imidazole rings is 1. The first kappa shape index (κ1) is 21.9. The third-order valence-corrected chi connectivity index (χ3v) is 5.55. The Labute approximate surface area is 201 Å². The van der Waals surface area contributed by atoms with Gasteiger partial charge in [0, 0.05) is 11.9 Å². The van der Waals surface area contributed by atoms with Gasteiger partial charge in [-0.05, 0) is 73.7 Å². The molecule has 0 saturated heterocycles. The summed E-state index contributed by atoms with van der Waals surface area (Å²) >= 11 is 0. The van der Waals surface area contributed by atoms with Gasteiger partial charge in [-0.25, -0.2) is 4.79 Å². The summed E-state index contributed by atoms with van der Waals surface area (Å²) < 4.78 is 9.12. The topological polar surface area (TPSA) is 78.2 Å². The second-order valence-electron chi connectivity index (χ2n) is 7.97. The van der Waals surface area contributed by atoms with Crippen LogP contribution in [0.4, 0.5) is 5.69 Å². The van der Waals surface area contributed by atoms with Crippen LogP contribution in [-0.4, -0.2) is 20.0 Å². The number of rotatable bonds is 6. The molecule has 35 heavy (non-hydrogen) atoms. The van der Waals surface area contributed by atoms with Crippen molar-refractivity contribution < 1.29 is 9.53 Å². The fraction of sp³-hybridized carbons (Fsp3) is 0.0357. The summed E-state index contributed by atoms with van der Waals surface area (Å²) in [5.74, 6) is 1.08. The van der Waals surface area contributed by atoms with Gasteiger partial charge in [-0.3, -0.25) is 18.9 Å². The molecule has 0 saturated carbocycles. The Morgan fingerprint density at radius 1 is 0.914 bits per heavy atom. The van der Waals surface area contributed by atoms with Crippen molar-refractivity contribution in [2.75, 3.05) is 5.32 Å². The lowest BCUT2D eigenvalue weighted by Crippen LogP contribution is -2.22. The molecule has 7 heteroatoms. The van der Waals surface area contributed by atoms with Gasteiger partial charge in [0.1, 0.15) is 11.5 Å². The Bertz CT molecular complexity index is 1600. The number of aryl methyl sites for hydroxylation is 1. The monoisotopic (exact) mass is 462 g/mol. The van der Waals surface area contributed by atoms with Gasteiger partial charge in [0.2, 0.25) is 5.91 Å². The molecule has 2 aromatic heterocycles. The normalized spacial score (nSPS) is 10.8. The van der Waals surface area contributed by atoms with Crippen molar-refractivity contribution in [1.82, 2.24) is 14.1 Å². The molecule has 0 spiro atoms. The summed E-state index contributed by atoms with van der Waals surface area (Å²) in [7, 11) is 0. The van der Waals surface area contributed by atoms with Gasteiger partial charge >= 0.3 is 5.69 Å². The highest BCUT2D eigenvalue weighted by atomic mass is 16.5. The van der Waals surface area contributed by atoms with Crippen molar-refractivity contribution in [3.05, 3.63) is 120 Å². The summed E-state index contributed by atoms with van der Waals surface area (Å²) in [6.45, 7) is 5.50. The predicted octanol–water partition coefficient (Wildman–Crippen LogP) is 5.40. The molecule has 0 radical (unpaired) electrons. The van der Waals surface area contributed by atoms with Crippen LogP contribution in [0.5, 0.6) is 11.5 Å². The van der Waals surface area contributed by atoms with Gasteiger partial charge in [-0.1, -0.05) is 30.3 Å². The molecular weight excluding hydrogens is 440 g/mol. The summed E-state index contributed by atoms with van der Waals surface area (Å²) in [6.07, 6.45) is 4.50. The lowest BCUT2D eigenvalue weighted by Gasteiger charge is -2.08. The van der Waals surface area contributed by atoms with Gasteiger partial charge in [0.15, 0.2) is 0 Å². The molecule has 7 nitrogen and oxygen atoms in total. The van der Waals surface area contributed by atoms with Crippen LogP contribution < -0.4 is 15.7 Å². The fourth-order valence-electron chi connectivity index (χ4n) is 3.87. The van der Waals surface area contributed by atoms with Crippen LogP contribution in [0.15, 0.2) is 109 Å². The number of ether oxygens (including phenoxy) is 1. The molecular formula is C28H22N4O3. The van der Waals surface area contributed by atoms with Crippen molar-refractivity contribution >= 4 is 22.6 Å². The molecule has 0 unspecified atom stereocenters. The van der Waals surface area contributed by atoms with E-state index in [-0.39, 0.29) is 11.6 Å². The molecule has 0 fully saturated rings. The SMILES string of the molecule is C=CC(=O)Nc1cccc(-n2c(=O)n(-c3ccc(Oc4ccc(C)cc4)cc3)c3cnccc32)c1. The van der Waals surface area contributed by atoms with E-state index >= 15 is 0 Å². The van der Waals surface area contributed by atoms with E-state index in [0.717, 1.165) is 11.3 Å². The van der Waals surface area contributed by atoms with E-state index in [2.05, 4.69) is 16.9 Å². The minimum atomic E-state index is -0.325. The number of anilines is 1. The van der Waals surface area contributed by atoms with Gasteiger partial charge in [-0.2, -0.15) is 0 Å². The van der Waals surface area contributed by atoms with Crippen LogP contribution in [0.25, 0.3) is 22.4 Å². The smallest absolute Gasteiger partial charge is 0.338 e. The zero-order valence-electron chi connectivity index (χ0n) is 19.0. The number of aromatic nitrogens is 3. The van der Waals surface area contributed by atoms with Crippen molar-refractivity contribution in [3.63, 3.8) is 0 Å². The number of hydrogen-bond acceptors (Lipinski definition) is 4. The van der Waals surface area contributed by atoms with E-state index in [0.29, 0.717) is 33.8 Å². The third-order valence-electron chi connectivity index (χ3n) is 5.55. The zero-order valence-corrected chi connectivity index (χ0v) is 19.0. The number of amides is 1. The lowest BCUT2D eigenvalue weighted by molar-refractivity contribution is -0.111.